The molecular formula is C15H28BSi2. The van der Waals surface area contributed by atoms with Crippen LogP contribution < -0.4 is 0 Å². The molecule has 0 bridgehead atoms. The molecule has 0 N–H and O–H groups in total. The van der Waals surface area contributed by atoms with Crippen LogP contribution >= 0.6 is 0 Å². The van der Waals surface area contributed by atoms with Crippen LogP contribution in [0.15, 0.2) is 35.6 Å². The summed E-state index contributed by atoms with van der Waals surface area (Å²) in [5.41, 5.74) is 1.76. The van der Waals surface area contributed by atoms with E-state index < -0.39 is 8.07 Å². The summed E-state index contributed by atoms with van der Waals surface area (Å²) in [7, 11) is -1.47. The van der Waals surface area contributed by atoms with Gasteiger partial charge in [-0.15, -0.1) is 23.4 Å². The predicted molar refractivity (Wildman–Crippen MR) is 91.8 cm³/mol. The summed E-state index contributed by atoms with van der Waals surface area (Å²) < 4.78 is 0. The third kappa shape index (κ3) is 3.86. The Morgan fingerprint density at radius 1 is 1.28 bits per heavy atom. The van der Waals surface area contributed by atoms with E-state index in [0.717, 1.165) is 19.5 Å². The van der Waals surface area contributed by atoms with E-state index in [-0.39, 0.29) is 8.80 Å². The van der Waals surface area contributed by atoms with E-state index >= 15 is 0 Å². The van der Waals surface area contributed by atoms with Crippen molar-refractivity contribution in [3.05, 3.63) is 35.6 Å². The first kappa shape index (κ1) is 15.8. The van der Waals surface area contributed by atoms with E-state index in [4.69, 9.17) is 0 Å². The van der Waals surface area contributed by atoms with Gasteiger partial charge in [0.25, 0.3) is 0 Å². The SMILES string of the molecule is C=CCB1CCC[Si](C)C([Si](C)(C)C)=C1CC=C. The second-order valence-electron chi connectivity index (χ2n) is 6.54. The number of rotatable bonds is 5. The van der Waals surface area contributed by atoms with Crippen molar-refractivity contribution in [1.29, 1.82) is 0 Å². The second-order valence-corrected chi connectivity index (χ2v) is 14.6. The molecule has 0 aromatic rings. The monoisotopic (exact) mass is 275 g/mol. The third-order valence-electron chi connectivity index (χ3n) is 3.91. The van der Waals surface area contributed by atoms with Crippen LogP contribution in [0.1, 0.15) is 12.8 Å². The largest absolute Gasteiger partial charge is 0.173 e. The summed E-state index contributed by atoms with van der Waals surface area (Å²) in [6, 6.07) is 1.47. The molecule has 1 radical (unpaired) electrons. The molecule has 0 nitrogen and oxygen atoms in total. The maximum atomic E-state index is 3.99. The molecule has 0 spiro atoms. The van der Waals surface area contributed by atoms with Crippen molar-refractivity contribution < 1.29 is 0 Å². The first-order valence-electron chi connectivity index (χ1n) is 7.20. The van der Waals surface area contributed by atoms with Gasteiger partial charge in [0.1, 0.15) is 0 Å². The Hall–Kier alpha value is -0.281. The molecule has 18 heavy (non-hydrogen) atoms. The summed E-state index contributed by atoms with van der Waals surface area (Å²) in [5, 5.41) is 0. The Labute approximate surface area is 117 Å². The van der Waals surface area contributed by atoms with Crippen molar-refractivity contribution in [2.45, 2.75) is 57.7 Å². The first-order valence-corrected chi connectivity index (χ1v) is 12.9. The first-order chi connectivity index (χ1) is 8.41. The lowest BCUT2D eigenvalue weighted by Gasteiger charge is -2.30. The standard InChI is InChI=1S/C15H28BSi2/c1-7-10-14-15(18(4,5)6)17(3)13-9-12-16(14)11-8-2/h7-8H,1-2,9-13H2,3-6H3. The zero-order valence-electron chi connectivity index (χ0n) is 12.7. The van der Waals surface area contributed by atoms with Crippen LogP contribution in [0.2, 0.25) is 44.9 Å². The highest BCUT2D eigenvalue weighted by Gasteiger charge is 2.33. The molecule has 0 aromatic heterocycles. The Morgan fingerprint density at radius 2 is 1.94 bits per heavy atom. The van der Waals surface area contributed by atoms with Crippen LogP contribution in [0.4, 0.5) is 0 Å². The number of hydrogen-bond donors (Lipinski definition) is 0. The molecule has 0 saturated heterocycles. The van der Waals surface area contributed by atoms with E-state index in [0.29, 0.717) is 0 Å². The van der Waals surface area contributed by atoms with Gasteiger partial charge in [0.05, 0.1) is 16.9 Å². The van der Waals surface area contributed by atoms with E-state index in [1.165, 1.54) is 18.8 Å². The van der Waals surface area contributed by atoms with Crippen molar-refractivity contribution in [1.82, 2.24) is 0 Å². The van der Waals surface area contributed by atoms with Gasteiger partial charge >= 0.3 is 0 Å². The molecule has 1 aliphatic rings. The van der Waals surface area contributed by atoms with Gasteiger partial charge in [-0.05, 0) is 6.42 Å². The predicted octanol–water partition coefficient (Wildman–Crippen LogP) is 5.02. The van der Waals surface area contributed by atoms with Crippen LogP contribution in [0, 0.1) is 0 Å². The molecule has 3 heteroatoms. The minimum absolute atomic E-state index is 0.286. The van der Waals surface area contributed by atoms with Gasteiger partial charge in [0.2, 0.25) is 0 Å². The molecule has 0 amide bonds. The zero-order chi connectivity index (χ0) is 13.8. The topological polar surface area (TPSA) is 0 Å². The maximum Gasteiger partial charge on any atom is 0.173 e. The molecule has 0 aromatic carbocycles. The normalized spacial score (nSPS) is 18.8. The van der Waals surface area contributed by atoms with Crippen LogP contribution in [0.25, 0.3) is 0 Å². The minimum Gasteiger partial charge on any atom is -0.105 e. The lowest BCUT2D eigenvalue weighted by Crippen LogP contribution is -2.36. The zero-order valence-corrected chi connectivity index (χ0v) is 14.7. The van der Waals surface area contributed by atoms with Crippen molar-refractivity contribution >= 4 is 23.6 Å². The average molecular weight is 275 g/mol. The molecule has 0 saturated carbocycles. The quantitative estimate of drug-likeness (QED) is 0.488. The van der Waals surface area contributed by atoms with Gasteiger partial charge in [0, 0.05) is 0 Å². The second kappa shape index (κ2) is 6.76. The van der Waals surface area contributed by atoms with Crippen LogP contribution in [-0.4, -0.2) is 23.6 Å². The Balaban J connectivity index is 3.26. The van der Waals surface area contributed by atoms with Crippen molar-refractivity contribution in [2.24, 2.45) is 0 Å². The summed E-state index contributed by atoms with van der Waals surface area (Å²) in [6.07, 6.45) is 9.28. The Morgan fingerprint density at radius 3 is 2.44 bits per heavy atom. The molecule has 0 unspecified atom stereocenters. The van der Waals surface area contributed by atoms with Crippen molar-refractivity contribution in [3.8, 4) is 0 Å². The Bertz CT molecular complexity index is 339. The molecule has 0 fully saturated rings. The van der Waals surface area contributed by atoms with Gasteiger partial charge in [0.15, 0.2) is 6.71 Å². The molecule has 99 valence electrons. The van der Waals surface area contributed by atoms with E-state index in [2.05, 4.69) is 51.5 Å². The van der Waals surface area contributed by atoms with Gasteiger partial charge in [-0.3, -0.25) is 0 Å². The average Bonchev–Trinajstić information content (AvgIpc) is 2.39. The highest BCUT2D eigenvalue weighted by molar-refractivity contribution is 6.99. The fraction of sp³-hybridized carbons (Fsp3) is 0.600. The van der Waals surface area contributed by atoms with E-state index in [9.17, 15) is 0 Å². The number of allylic oxidation sites excluding steroid dienone is 3. The van der Waals surface area contributed by atoms with E-state index in [1.54, 1.807) is 5.47 Å². The van der Waals surface area contributed by atoms with Gasteiger partial charge in [-0.2, -0.15) is 0 Å². The minimum atomic E-state index is -1.18. The lowest BCUT2D eigenvalue weighted by atomic mass is 9.39. The Kier molecular flexibility index (Phi) is 5.92. The highest BCUT2D eigenvalue weighted by Crippen LogP contribution is 2.33. The summed E-state index contributed by atoms with van der Waals surface area (Å²) in [4.78, 5) is 1.93. The van der Waals surface area contributed by atoms with Crippen LogP contribution in [-0.2, 0) is 0 Å². The van der Waals surface area contributed by atoms with Crippen molar-refractivity contribution in [2.75, 3.05) is 0 Å². The molecule has 1 aliphatic heterocycles. The van der Waals surface area contributed by atoms with Crippen molar-refractivity contribution in [3.63, 3.8) is 0 Å². The van der Waals surface area contributed by atoms with E-state index in [1.807, 2.05) is 4.82 Å². The molecular weight excluding hydrogens is 247 g/mol. The summed E-state index contributed by atoms with van der Waals surface area (Å²) in [5.74, 6) is 0. The molecule has 1 rings (SSSR count). The van der Waals surface area contributed by atoms with Gasteiger partial charge < -0.3 is 0 Å². The molecule has 0 aliphatic carbocycles. The third-order valence-corrected chi connectivity index (χ3v) is 11.5. The fourth-order valence-corrected chi connectivity index (χ4v) is 12.0. The fourth-order valence-electron chi connectivity index (χ4n) is 3.40. The molecule has 1 heterocycles. The lowest BCUT2D eigenvalue weighted by molar-refractivity contribution is 1.04. The highest BCUT2D eigenvalue weighted by atomic mass is 28.4. The molecule has 0 atom stereocenters. The smallest absolute Gasteiger partial charge is 0.105 e. The van der Waals surface area contributed by atoms with Crippen LogP contribution in [0.3, 0.4) is 0 Å². The number of hydrogen-bond acceptors (Lipinski definition) is 0. The maximum absolute atomic E-state index is 3.99. The summed E-state index contributed by atoms with van der Waals surface area (Å²) >= 11 is 0. The van der Waals surface area contributed by atoms with Gasteiger partial charge in [-0.1, -0.05) is 63.4 Å². The van der Waals surface area contributed by atoms with Crippen LogP contribution in [0.5, 0.6) is 0 Å². The summed E-state index contributed by atoms with van der Waals surface area (Å²) in [6.45, 7) is 18.8. The van der Waals surface area contributed by atoms with Gasteiger partial charge in [-0.25, -0.2) is 0 Å².